The highest BCUT2D eigenvalue weighted by atomic mass is 79.9. The van der Waals surface area contributed by atoms with Crippen LogP contribution in [0, 0.1) is 0 Å². The predicted octanol–water partition coefficient (Wildman–Crippen LogP) is 1.76. The third-order valence-corrected chi connectivity index (χ3v) is 2.45. The number of halogens is 1. The van der Waals surface area contributed by atoms with Crippen molar-refractivity contribution in [1.82, 2.24) is 9.55 Å². The van der Waals surface area contributed by atoms with E-state index in [2.05, 4.69) is 25.5 Å². The molecule has 2 aromatic rings. The molecule has 0 saturated carbocycles. The summed E-state index contributed by atoms with van der Waals surface area (Å²) in [6.07, 6.45) is 1.82. The molecule has 2 N–H and O–H groups in total. The number of hydrogen-bond donors (Lipinski definition) is 1. The van der Waals surface area contributed by atoms with Crippen LogP contribution in [-0.2, 0) is 6.54 Å². The van der Waals surface area contributed by atoms with Gasteiger partial charge in [-0.2, -0.15) is 0 Å². The maximum atomic E-state index is 5.48. The van der Waals surface area contributed by atoms with Crippen LogP contribution in [-0.4, -0.2) is 16.1 Å². The number of benzene rings is 1. The molecule has 0 radical (unpaired) electrons. The molecule has 4 heteroatoms. The summed E-state index contributed by atoms with van der Waals surface area (Å²) in [5, 5.41) is 0. The van der Waals surface area contributed by atoms with E-state index in [9.17, 15) is 0 Å². The molecule has 0 unspecified atom stereocenters. The number of nitrogens with zero attached hydrogens (tertiary/aromatic N) is 2. The quantitative estimate of drug-likeness (QED) is 0.869. The summed E-state index contributed by atoms with van der Waals surface area (Å²) in [5.41, 5.74) is 7.62. The minimum atomic E-state index is 0.640. The van der Waals surface area contributed by atoms with Crippen molar-refractivity contribution in [3.05, 3.63) is 29.0 Å². The SMILES string of the molecule is NCCn1cnc2cc(Br)ccc21. The first-order valence-corrected chi connectivity index (χ1v) is 4.91. The van der Waals surface area contributed by atoms with E-state index in [0.29, 0.717) is 6.54 Å². The summed E-state index contributed by atoms with van der Waals surface area (Å²) in [4.78, 5) is 4.28. The van der Waals surface area contributed by atoms with Crippen LogP contribution in [0.25, 0.3) is 11.0 Å². The van der Waals surface area contributed by atoms with E-state index in [1.807, 2.05) is 24.5 Å². The number of hydrogen-bond acceptors (Lipinski definition) is 2. The monoisotopic (exact) mass is 239 g/mol. The number of fused-ring (bicyclic) bond motifs is 1. The Morgan fingerprint density at radius 2 is 2.31 bits per heavy atom. The van der Waals surface area contributed by atoms with Crippen molar-refractivity contribution < 1.29 is 0 Å². The molecule has 68 valence electrons. The topological polar surface area (TPSA) is 43.8 Å². The van der Waals surface area contributed by atoms with E-state index < -0.39 is 0 Å². The third kappa shape index (κ3) is 1.59. The smallest absolute Gasteiger partial charge is 0.0958 e. The maximum Gasteiger partial charge on any atom is 0.0958 e. The normalized spacial score (nSPS) is 10.9. The Morgan fingerprint density at radius 1 is 1.46 bits per heavy atom. The fraction of sp³-hybridized carbons (Fsp3) is 0.222. The van der Waals surface area contributed by atoms with Crippen LogP contribution in [0.3, 0.4) is 0 Å². The Balaban J connectivity index is 2.55. The van der Waals surface area contributed by atoms with Crippen molar-refractivity contribution in [3.63, 3.8) is 0 Å². The molecular weight excluding hydrogens is 230 g/mol. The highest BCUT2D eigenvalue weighted by Crippen LogP contribution is 2.18. The highest BCUT2D eigenvalue weighted by molar-refractivity contribution is 9.10. The van der Waals surface area contributed by atoms with Gasteiger partial charge in [0, 0.05) is 17.6 Å². The van der Waals surface area contributed by atoms with Gasteiger partial charge in [0.05, 0.1) is 17.4 Å². The van der Waals surface area contributed by atoms with Crippen molar-refractivity contribution in [3.8, 4) is 0 Å². The number of rotatable bonds is 2. The molecule has 0 aliphatic heterocycles. The fourth-order valence-electron chi connectivity index (χ4n) is 1.35. The number of aromatic nitrogens is 2. The van der Waals surface area contributed by atoms with E-state index in [1.165, 1.54) is 0 Å². The molecule has 0 aliphatic carbocycles. The van der Waals surface area contributed by atoms with E-state index in [0.717, 1.165) is 22.1 Å². The lowest BCUT2D eigenvalue weighted by Crippen LogP contribution is -2.08. The van der Waals surface area contributed by atoms with Gasteiger partial charge in [0.1, 0.15) is 0 Å². The molecule has 13 heavy (non-hydrogen) atoms. The zero-order chi connectivity index (χ0) is 9.26. The second kappa shape index (κ2) is 3.47. The van der Waals surface area contributed by atoms with Gasteiger partial charge in [0.15, 0.2) is 0 Å². The Labute approximate surface area is 84.7 Å². The van der Waals surface area contributed by atoms with Crippen LogP contribution in [0.4, 0.5) is 0 Å². The summed E-state index contributed by atoms with van der Waals surface area (Å²) < 4.78 is 3.11. The van der Waals surface area contributed by atoms with E-state index >= 15 is 0 Å². The van der Waals surface area contributed by atoms with Gasteiger partial charge in [-0.15, -0.1) is 0 Å². The molecule has 0 bridgehead atoms. The number of imidazole rings is 1. The van der Waals surface area contributed by atoms with Crippen LogP contribution < -0.4 is 5.73 Å². The Kier molecular flexibility index (Phi) is 2.33. The minimum Gasteiger partial charge on any atom is -0.329 e. The Morgan fingerprint density at radius 3 is 3.08 bits per heavy atom. The van der Waals surface area contributed by atoms with Crippen LogP contribution in [0.15, 0.2) is 29.0 Å². The van der Waals surface area contributed by atoms with Gasteiger partial charge in [-0.05, 0) is 18.2 Å². The molecule has 0 saturated heterocycles. The summed E-state index contributed by atoms with van der Waals surface area (Å²) in [6, 6.07) is 6.06. The molecule has 1 heterocycles. The van der Waals surface area contributed by atoms with Crippen molar-refractivity contribution in [2.24, 2.45) is 5.73 Å². The van der Waals surface area contributed by atoms with Crippen molar-refractivity contribution >= 4 is 27.0 Å². The largest absolute Gasteiger partial charge is 0.329 e. The van der Waals surface area contributed by atoms with Gasteiger partial charge in [0.25, 0.3) is 0 Å². The van der Waals surface area contributed by atoms with Crippen LogP contribution in [0.5, 0.6) is 0 Å². The average molecular weight is 240 g/mol. The molecule has 2 rings (SSSR count). The van der Waals surface area contributed by atoms with E-state index in [1.54, 1.807) is 0 Å². The molecule has 1 aromatic heterocycles. The molecule has 0 atom stereocenters. The van der Waals surface area contributed by atoms with Gasteiger partial charge in [0.2, 0.25) is 0 Å². The second-order valence-corrected chi connectivity index (χ2v) is 3.78. The summed E-state index contributed by atoms with van der Waals surface area (Å²) in [6.45, 7) is 1.46. The van der Waals surface area contributed by atoms with Gasteiger partial charge < -0.3 is 10.3 Å². The van der Waals surface area contributed by atoms with Crippen LogP contribution in [0.1, 0.15) is 0 Å². The molecule has 0 fully saturated rings. The first kappa shape index (κ1) is 8.72. The van der Waals surface area contributed by atoms with Crippen LogP contribution in [0.2, 0.25) is 0 Å². The van der Waals surface area contributed by atoms with E-state index in [-0.39, 0.29) is 0 Å². The standard InChI is InChI=1S/C9H10BrN3/c10-7-1-2-9-8(5-7)12-6-13(9)4-3-11/h1-2,5-6H,3-4,11H2. The van der Waals surface area contributed by atoms with Gasteiger partial charge >= 0.3 is 0 Å². The zero-order valence-electron chi connectivity index (χ0n) is 7.07. The Hall–Kier alpha value is -0.870. The maximum absolute atomic E-state index is 5.48. The second-order valence-electron chi connectivity index (χ2n) is 2.86. The first-order valence-electron chi connectivity index (χ1n) is 4.12. The number of nitrogens with two attached hydrogens (primary N) is 1. The fourth-order valence-corrected chi connectivity index (χ4v) is 1.70. The average Bonchev–Trinajstić information content (AvgIpc) is 2.49. The molecule has 0 aliphatic rings. The third-order valence-electron chi connectivity index (χ3n) is 1.95. The van der Waals surface area contributed by atoms with Crippen molar-refractivity contribution in [2.45, 2.75) is 6.54 Å². The van der Waals surface area contributed by atoms with E-state index in [4.69, 9.17) is 5.73 Å². The van der Waals surface area contributed by atoms with Gasteiger partial charge in [-0.3, -0.25) is 0 Å². The lowest BCUT2D eigenvalue weighted by Gasteiger charge is -2.00. The first-order chi connectivity index (χ1) is 6.31. The molecular formula is C9H10BrN3. The lowest BCUT2D eigenvalue weighted by molar-refractivity contribution is 0.728. The lowest BCUT2D eigenvalue weighted by atomic mass is 10.3. The van der Waals surface area contributed by atoms with Gasteiger partial charge in [-0.25, -0.2) is 4.98 Å². The molecule has 1 aromatic carbocycles. The van der Waals surface area contributed by atoms with Gasteiger partial charge in [-0.1, -0.05) is 15.9 Å². The summed E-state index contributed by atoms with van der Waals surface area (Å²) in [7, 11) is 0. The van der Waals surface area contributed by atoms with Crippen molar-refractivity contribution in [1.29, 1.82) is 0 Å². The summed E-state index contributed by atoms with van der Waals surface area (Å²) in [5.74, 6) is 0. The van der Waals surface area contributed by atoms with Crippen molar-refractivity contribution in [2.75, 3.05) is 6.54 Å². The molecule has 3 nitrogen and oxygen atoms in total. The molecule has 0 amide bonds. The molecule has 0 spiro atoms. The zero-order valence-corrected chi connectivity index (χ0v) is 8.66. The predicted molar refractivity (Wildman–Crippen MR) is 56.5 cm³/mol. The minimum absolute atomic E-state index is 0.640. The highest BCUT2D eigenvalue weighted by Gasteiger charge is 2.00. The van der Waals surface area contributed by atoms with Crippen LogP contribution >= 0.6 is 15.9 Å². The Bertz CT molecular complexity index is 422. The summed E-state index contributed by atoms with van der Waals surface area (Å²) >= 11 is 3.41.